The molecule has 0 fully saturated rings. The second kappa shape index (κ2) is 12.7. The van der Waals surface area contributed by atoms with Crippen molar-refractivity contribution in [2.45, 2.75) is 43.0 Å². The van der Waals surface area contributed by atoms with E-state index >= 15 is 0 Å². The van der Waals surface area contributed by atoms with Gasteiger partial charge in [-0.1, -0.05) is 44.2 Å². The minimum Gasteiger partial charge on any atom is -0.611 e. The minimum absolute atomic E-state index is 0.0946. The van der Waals surface area contributed by atoms with Gasteiger partial charge in [0.05, 0.1) is 10.6 Å². The van der Waals surface area contributed by atoms with Crippen molar-refractivity contribution in [3.63, 3.8) is 0 Å². The zero-order valence-electron chi connectivity index (χ0n) is 21.9. The van der Waals surface area contributed by atoms with Gasteiger partial charge in [0.15, 0.2) is 17.0 Å². The van der Waals surface area contributed by atoms with Gasteiger partial charge in [-0.3, -0.25) is 4.79 Å². The molecule has 3 aromatic rings. The molecule has 0 saturated heterocycles. The fraction of sp³-hybridized carbons (Fsp3) is 0.300. The lowest BCUT2D eigenvalue weighted by atomic mass is 9.83. The minimum atomic E-state index is -1.29. The molecule has 0 aliphatic carbocycles. The standard InChI is InChI=1S/C30H33FN2O3S2/c1-4-30(5-2)20-33(25-13-11-24(12-14-25)32-17-22-9-7-6-8-10-22)26-15-28(37-3)27(36-19-23(31)18-34)16-29(26)38(35)21-30/h6-16,18-19,32H,4-5,17,20-21H2,1-3H3/b23-19-. The number of anilines is 3. The molecule has 4 rings (SSSR count). The number of nitrogens with one attached hydrogen (secondary N) is 1. The Balaban J connectivity index is 1.71. The number of fused-ring (bicyclic) bond motifs is 1. The first-order chi connectivity index (χ1) is 18.4. The summed E-state index contributed by atoms with van der Waals surface area (Å²) in [5, 5.41) is 3.47. The molecular formula is C30H33FN2O3S2. The number of hydrogen-bond donors (Lipinski definition) is 1. The van der Waals surface area contributed by atoms with Crippen molar-refractivity contribution in [2.75, 3.05) is 28.8 Å². The van der Waals surface area contributed by atoms with Gasteiger partial charge in [0.1, 0.15) is 17.8 Å². The highest BCUT2D eigenvalue weighted by molar-refractivity contribution is 7.98. The van der Waals surface area contributed by atoms with Crippen molar-refractivity contribution in [1.29, 1.82) is 0 Å². The van der Waals surface area contributed by atoms with Gasteiger partial charge in [-0.15, -0.1) is 11.8 Å². The van der Waals surface area contributed by atoms with E-state index in [1.165, 1.54) is 17.3 Å². The number of hydrogen-bond acceptors (Lipinski definition) is 6. The number of nitrogens with zero attached hydrogens (tertiary/aromatic N) is 1. The number of allylic oxidation sites excluding steroid dienone is 1. The summed E-state index contributed by atoms with van der Waals surface area (Å²) in [6.45, 7) is 5.77. The Labute approximate surface area is 231 Å². The van der Waals surface area contributed by atoms with E-state index in [1.807, 2.05) is 30.5 Å². The Kier molecular flexibility index (Phi) is 9.41. The molecule has 0 radical (unpaired) electrons. The van der Waals surface area contributed by atoms with E-state index in [0.717, 1.165) is 54.2 Å². The van der Waals surface area contributed by atoms with Crippen LogP contribution in [0.1, 0.15) is 32.3 Å². The Morgan fingerprint density at radius 3 is 2.50 bits per heavy atom. The summed E-state index contributed by atoms with van der Waals surface area (Å²) in [6, 6.07) is 22.3. The van der Waals surface area contributed by atoms with Gasteiger partial charge >= 0.3 is 0 Å². The maximum Gasteiger partial charge on any atom is 0.197 e. The molecule has 8 heteroatoms. The fourth-order valence-electron chi connectivity index (χ4n) is 4.61. The van der Waals surface area contributed by atoms with Gasteiger partial charge in [-0.25, -0.2) is 0 Å². The Hall–Kier alpha value is -2.94. The van der Waals surface area contributed by atoms with Crippen LogP contribution in [-0.2, 0) is 22.5 Å². The second-order valence-corrected chi connectivity index (χ2v) is 11.6. The lowest BCUT2D eigenvalue weighted by Gasteiger charge is -2.34. The topological polar surface area (TPSA) is 64.6 Å². The predicted molar refractivity (Wildman–Crippen MR) is 156 cm³/mol. The number of carbonyl (C=O) groups excluding carboxylic acids is 1. The summed E-state index contributed by atoms with van der Waals surface area (Å²) in [6.07, 6.45) is 4.57. The number of thioether (sulfide) groups is 1. The van der Waals surface area contributed by atoms with Gasteiger partial charge in [0.2, 0.25) is 0 Å². The highest BCUT2D eigenvalue weighted by Crippen LogP contribution is 2.46. The van der Waals surface area contributed by atoms with Crippen LogP contribution in [0.2, 0.25) is 0 Å². The number of rotatable bonds is 10. The average Bonchev–Trinajstić information content (AvgIpc) is 3.09. The molecule has 38 heavy (non-hydrogen) atoms. The van der Waals surface area contributed by atoms with Crippen LogP contribution in [0.25, 0.3) is 0 Å². The molecule has 1 atom stereocenters. The molecular weight excluding hydrogens is 519 g/mol. The lowest BCUT2D eigenvalue weighted by molar-refractivity contribution is -0.106. The van der Waals surface area contributed by atoms with Gasteiger partial charge in [0, 0.05) is 35.9 Å². The molecule has 1 heterocycles. The maximum atomic E-state index is 13.7. The van der Waals surface area contributed by atoms with E-state index in [1.54, 1.807) is 6.07 Å². The summed E-state index contributed by atoms with van der Waals surface area (Å²) in [4.78, 5) is 14.4. The van der Waals surface area contributed by atoms with E-state index in [4.69, 9.17) is 4.74 Å². The molecule has 0 saturated carbocycles. The van der Waals surface area contributed by atoms with Gasteiger partial charge < -0.3 is 19.5 Å². The van der Waals surface area contributed by atoms with Crippen LogP contribution in [0, 0.1) is 5.41 Å². The van der Waals surface area contributed by atoms with Crippen molar-refractivity contribution in [3.05, 3.63) is 84.4 Å². The third kappa shape index (κ3) is 6.37. The SMILES string of the molecule is CCC1(CC)CN(c2ccc(NCc3ccccc3)cc2)c2cc(SC)c(O/C=C(\F)C=O)cc2[S+]([O-])C1. The third-order valence-corrected chi connectivity index (χ3v) is 9.59. The quantitative estimate of drug-likeness (QED) is 0.0925. The van der Waals surface area contributed by atoms with Crippen LogP contribution in [0.4, 0.5) is 21.5 Å². The van der Waals surface area contributed by atoms with E-state index in [2.05, 4.69) is 60.5 Å². The van der Waals surface area contributed by atoms with E-state index in [9.17, 15) is 13.7 Å². The normalized spacial score (nSPS) is 16.9. The summed E-state index contributed by atoms with van der Waals surface area (Å²) < 4.78 is 32.7. The number of carbonyl (C=O) groups is 1. The van der Waals surface area contributed by atoms with Crippen LogP contribution in [0.5, 0.6) is 5.75 Å². The number of benzene rings is 3. The zero-order valence-corrected chi connectivity index (χ0v) is 23.5. The first kappa shape index (κ1) is 28.1. The molecule has 200 valence electrons. The van der Waals surface area contributed by atoms with Crippen LogP contribution >= 0.6 is 11.8 Å². The first-order valence-electron chi connectivity index (χ1n) is 12.6. The van der Waals surface area contributed by atoms with E-state index in [0.29, 0.717) is 16.4 Å². The van der Waals surface area contributed by atoms with Crippen molar-refractivity contribution >= 4 is 46.3 Å². The molecule has 1 aliphatic rings. The summed E-state index contributed by atoms with van der Waals surface area (Å²) >= 11 is 0.162. The van der Waals surface area contributed by atoms with Gasteiger partial charge in [0.25, 0.3) is 0 Å². The molecule has 1 unspecified atom stereocenters. The Bertz CT molecular complexity index is 1260. The Morgan fingerprint density at radius 1 is 1.16 bits per heavy atom. The van der Waals surface area contributed by atoms with Gasteiger partial charge in [-0.2, -0.15) is 4.39 Å². The highest BCUT2D eigenvalue weighted by Gasteiger charge is 2.41. The van der Waals surface area contributed by atoms with Crippen molar-refractivity contribution in [2.24, 2.45) is 5.41 Å². The second-order valence-electron chi connectivity index (χ2n) is 9.38. The smallest absolute Gasteiger partial charge is 0.197 e. The molecule has 1 N–H and O–H groups in total. The van der Waals surface area contributed by atoms with Crippen molar-refractivity contribution in [3.8, 4) is 5.75 Å². The molecule has 5 nitrogen and oxygen atoms in total. The average molecular weight is 553 g/mol. The monoisotopic (exact) mass is 552 g/mol. The molecule has 0 amide bonds. The Morgan fingerprint density at radius 2 is 1.87 bits per heavy atom. The van der Waals surface area contributed by atoms with Crippen LogP contribution in [0.3, 0.4) is 0 Å². The van der Waals surface area contributed by atoms with Crippen LogP contribution < -0.4 is 15.0 Å². The molecule has 0 aromatic heterocycles. The first-order valence-corrected chi connectivity index (χ1v) is 15.2. The third-order valence-electron chi connectivity index (χ3n) is 7.14. The predicted octanol–water partition coefficient (Wildman–Crippen LogP) is 7.47. The zero-order chi connectivity index (χ0) is 27.1. The maximum absolute atomic E-state index is 13.7. The molecule has 0 bridgehead atoms. The van der Waals surface area contributed by atoms with E-state index < -0.39 is 17.0 Å². The van der Waals surface area contributed by atoms with Gasteiger partial charge in [-0.05, 0) is 66.2 Å². The molecule has 0 spiro atoms. The lowest BCUT2D eigenvalue weighted by Crippen LogP contribution is -2.37. The van der Waals surface area contributed by atoms with Crippen molar-refractivity contribution in [1.82, 2.24) is 0 Å². The van der Waals surface area contributed by atoms with E-state index in [-0.39, 0.29) is 11.7 Å². The van der Waals surface area contributed by atoms with Crippen molar-refractivity contribution < 1.29 is 18.5 Å². The summed E-state index contributed by atoms with van der Waals surface area (Å²) in [5.74, 6) is -0.106. The van der Waals surface area contributed by atoms with Crippen LogP contribution in [0.15, 0.2) is 88.6 Å². The number of ether oxygens (including phenoxy) is 1. The largest absolute Gasteiger partial charge is 0.611 e. The summed E-state index contributed by atoms with van der Waals surface area (Å²) in [7, 11) is 0. The molecule has 1 aliphatic heterocycles. The van der Waals surface area contributed by atoms with Crippen LogP contribution in [-0.4, -0.2) is 29.4 Å². The summed E-state index contributed by atoms with van der Waals surface area (Å²) in [5.41, 5.74) is 3.95. The fourth-order valence-corrected chi connectivity index (χ4v) is 7.00. The number of halogens is 1. The highest BCUT2D eigenvalue weighted by atomic mass is 32.2. The molecule has 3 aromatic carbocycles. The number of aldehydes is 1.